The van der Waals surface area contributed by atoms with Crippen molar-refractivity contribution in [2.75, 3.05) is 13.1 Å². The smallest absolute Gasteiger partial charge is 0.308 e. The first-order valence-electron chi connectivity index (χ1n) is 7.06. The number of carbonyl (C=O) groups is 2. The third kappa shape index (κ3) is 9.47. The molecular formula is C14H28N2O3. The van der Waals surface area contributed by atoms with Crippen LogP contribution in [0.1, 0.15) is 46.5 Å². The molecule has 5 nitrogen and oxygen atoms in total. The maximum absolute atomic E-state index is 11.6. The minimum absolute atomic E-state index is 0.0705. The molecule has 0 saturated carbocycles. The lowest BCUT2D eigenvalue weighted by Crippen LogP contribution is -2.33. The Balaban J connectivity index is 3.95. The highest BCUT2D eigenvalue weighted by atomic mass is 16.4. The molecule has 0 saturated heterocycles. The van der Waals surface area contributed by atoms with E-state index in [1.54, 1.807) is 0 Å². The molecule has 0 aliphatic carbocycles. The number of nitrogens with two attached hydrogens (primary N) is 1. The van der Waals surface area contributed by atoms with Crippen molar-refractivity contribution >= 4 is 11.9 Å². The van der Waals surface area contributed by atoms with Gasteiger partial charge in [0.15, 0.2) is 0 Å². The molecule has 0 aromatic carbocycles. The molecule has 19 heavy (non-hydrogen) atoms. The van der Waals surface area contributed by atoms with Gasteiger partial charge in [0.2, 0.25) is 5.91 Å². The Morgan fingerprint density at radius 3 is 2.32 bits per heavy atom. The van der Waals surface area contributed by atoms with Gasteiger partial charge in [0.1, 0.15) is 0 Å². The molecule has 112 valence electrons. The van der Waals surface area contributed by atoms with Crippen LogP contribution in [0.4, 0.5) is 0 Å². The molecule has 5 heteroatoms. The van der Waals surface area contributed by atoms with Crippen LogP contribution in [0.3, 0.4) is 0 Å². The van der Waals surface area contributed by atoms with Crippen molar-refractivity contribution < 1.29 is 14.7 Å². The molecule has 0 radical (unpaired) electrons. The lowest BCUT2D eigenvalue weighted by molar-refractivity contribution is -0.142. The summed E-state index contributed by atoms with van der Waals surface area (Å²) in [6.45, 7) is 6.88. The molecule has 4 N–H and O–H groups in total. The van der Waals surface area contributed by atoms with E-state index in [9.17, 15) is 9.59 Å². The van der Waals surface area contributed by atoms with Crippen LogP contribution in [0.2, 0.25) is 0 Å². The van der Waals surface area contributed by atoms with Gasteiger partial charge in [0, 0.05) is 13.0 Å². The van der Waals surface area contributed by atoms with Crippen LogP contribution in [0.15, 0.2) is 0 Å². The standard InChI is InChI=1S/C14H28N2O3/c1-10(2)8-12(14(18)19)9-16-13(17)5-4-11(3)6-7-15/h10-12H,4-9,15H2,1-3H3,(H,16,17)(H,18,19). The first kappa shape index (κ1) is 17.9. The molecule has 0 aromatic rings. The summed E-state index contributed by atoms with van der Waals surface area (Å²) >= 11 is 0. The minimum atomic E-state index is -0.842. The molecule has 0 bridgehead atoms. The van der Waals surface area contributed by atoms with Crippen molar-refractivity contribution in [1.29, 1.82) is 0 Å². The quantitative estimate of drug-likeness (QED) is 0.563. The molecule has 0 aliphatic rings. The lowest BCUT2D eigenvalue weighted by atomic mass is 9.97. The van der Waals surface area contributed by atoms with Crippen molar-refractivity contribution in [2.45, 2.75) is 46.5 Å². The normalized spacial score (nSPS) is 14.2. The van der Waals surface area contributed by atoms with E-state index in [2.05, 4.69) is 12.2 Å². The molecule has 0 spiro atoms. The first-order valence-corrected chi connectivity index (χ1v) is 7.06. The van der Waals surface area contributed by atoms with Crippen LogP contribution in [-0.2, 0) is 9.59 Å². The average molecular weight is 272 g/mol. The van der Waals surface area contributed by atoms with E-state index in [-0.39, 0.29) is 12.5 Å². The Morgan fingerprint density at radius 1 is 1.21 bits per heavy atom. The van der Waals surface area contributed by atoms with Gasteiger partial charge in [-0.15, -0.1) is 0 Å². The number of carboxylic acids is 1. The molecule has 0 aliphatic heterocycles. The predicted octanol–water partition coefficient (Wildman–Crippen LogP) is 1.61. The number of carboxylic acid groups (broad SMARTS) is 1. The van der Waals surface area contributed by atoms with Crippen LogP contribution in [0, 0.1) is 17.8 Å². The Labute approximate surface area is 115 Å². The van der Waals surface area contributed by atoms with Crippen molar-refractivity contribution in [3.63, 3.8) is 0 Å². The molecule has 2 atom stereocenters. The maximum atomic E-state index is 11.6. The summed E-state index contributed by atoms with van der Waals surface area (Å²) in [4.78, 5) is 22.7. The third-order valence-corrected chi connectivity index (χ3v) is 3.17. The molecule has 1 amide bonds. The second kappa shape index (κ2) is 9.78. The third-order valence-electron chi connectivity index (χ3n) is 3.17. The Hall–Kier alpha value is -1.10. The number of nitrogens with one attached hydrogen (secondary N) is 1. The first-order chi connectivity index (χ1) is 8.86. The van der Waals surface area contributed by atoms with Crippen LogP contribution >= 0.6 is 0 Å². The summed E-state index contributed by atoms with van der Waals surface area (Å²) in [5.41, 5.74) is 5.45. The highest BCUT2D eigenvalue weighted by Crippen LogP contribution is 2.12. The zero-order chi connectivity index (χ0) is 14.8. The summed E-state index contributed by atoms with van der Waals surface area (Å²) < 4.78 is 0. The second-order valence-electron chi connectivity index (χ2n) is 5.69. The Morgan fingerprint density at radius 2 is 1.84 bits per heavy atom. The van der Waals surface area contributed by atoms with Crippen molar-refractivity contribution in [3.05, 3.63) is 0 Å². The summed E-state index contributed by atoms with van der Waals surface area (Å²) in [7, 11) is 0. The van der Waals surface area contributed by atoms with Crippen LogP contribution in [0.5, 0.6) is 0 Å². The topological polar surface area (TPSA) is 92.4 Å². The number of hydrogen-bond donors (Lipinski definition) is 3. The molecule has 0 rings (SSSR count). The number of amides is 1. The van der Waals surface area contributed by atoms with E-state index in [0.717, 1.165) is 12.8 Å². The van der Waals surface area contributed by atoms with E-state index >= 15 is 0 Å². The van der Waals surface area contributed by atoms with Crippen molar-refractivity contribution in [1.82, 2.24) is 5.32 Å². The number of aliphatic carboxylic acids is 1. The summed E-state index contributed by atoms with van der Waals surface area (Å²) in [6, 6.07) is 0. The molecule has 0 fully saturated rings. The SMILES string of the molecule is CC(C)CC(CNC(=O)CCC(C)CCN)C(=O)O. The van der Waals surface area contributed by atoms with E-state index < -0.39 is 11.9 Å². The van der Waals surface area contributed by atoms with Gasteiger partial charge in [-0.3, -0.25) is 9.59 Å². The number of hydrogen-bond acceptors (Lipinski definition) is 3. The summed E-state index contributed by atoms with van der Waals surface area (Å²) in [6.07, 6.45) is 2.73. The van der Waals surface area contributed by atoms with Gasteiger partial charge in [-0.2, -0.15) is 0 Å². The van der Waals surface area contributed by atoms with Gasteiger partial charge in [0.25, 0.3) is 0 Å². The molecule has 2 unspecified atom stereocenters. The molecular weight excluding hydrogens is 244 g/mol. The van der Waals surface area contributed by atoms with Gasteiger partial charge in [-0.25, -0.2) is 0 Å². The van der Waals surface area contributed by atoms with Crippen LogP contribution < -0.4 is 11.1 Å². The van der Waals surface area contributed by atoms with Gasteiger partial charge >= 0.3 is 5.97 Å². The highest BCUT2D eigenvalue weighted by Gasteiger charge is 2.19. The Bertz CT molecular complexity index is 280. The fourth-order valence-corrected chi connectivity index (χ4v) is 1.97. The fourth-order valence-electron chi connectivity index (χ4n) is 1.97. The zero-order valence-corrected chi connectivity index (χ0v) is 12.3. The Kier molecular flexibility index (Phi) is 9.21. The van der Waals surface area contributed by atoms with Gasteiger partial charge in [-0.1, -0.05) is 20.8 Å². The minimum Gasteiger partial charge on any atom is -0.481 e. The average Bonchev–Trinajstić information content (AvgIpc) is 2.31. The fraction of sp³-hybridized carbons (Fsp3) is 0.857. The maximum Gasteiger partial charge on any atom is 0.308 e. The second-order valence-corrected chi connectivity index (χ2v) is 5.69. The summed E-state index contributed by atoms with van der Waals surface area (Å²) in [5, 5.41) is 11.8. The van der Waals surface area contributed by atoms with E-state index in [1.165, 1.54) is 0 Å². The van der Waals surface area contributed by atoms with E-state index in [1.807, 2.05) is 13.8 Å². The van der Waals surface area contributed by atoms with Crippen LogP contribution in [0.25, 0.3) is 0 Å². The zero-order valence-electron chi connectivity index (χ0n) is 12.3. The van der Waals surface area contributed by atoms with Gasteiger partial charge < -0.3 is 16.2 Å². The van der Waals surface area contributed by atoms with Crippen molar-refractivity contribution in [2.24, 2.45) is 23.5 Å². The predicted molar refractivity (Wildman–Crippen MR) is 75.7 cm³/mol. The monoisotopic (exact) mass is 272 g/mol. The highest BCUT2D eigenvalue weighted by molar-refractivity contribution is 5.77. The van der Waals surface area contributed by atoms with Gasteiger partial charge in [-0.05, 0) is 37.6 Å². The van der Waals surface area contributed by atoms with E-state index in [0.29, 0.717) is 31.2 Å². The van der Waals surface area contributed by atoms with E-state index in [4.69, 9.17) is 10.8 Å². The summed E-state index contributed by atoms with van der Waals surface area (Å²) in [5.74, 6) is -0.668. The molecule has 0 heterocycles. The molecule has 0 aromatic heterocycles. The van der Waals surface area contributed by atoms with Crippen molar-refractivity contribution in [3.8, 4) is 0 Å². The number of rotatable bonds is 10. The number of carbonyl (C=O) groups excluding carboxylic acids is 1. The lowest BCUT2D eigenvalue weighted by Gasteiger charge is -2.16. The van der Waals surface area contributed by atoms with Gasteiger partial charge in [0.05, 0.1) is 5.92 Å². The van der Waals surface area contributed by atoms with Crippen LogP contribution in [-0.4, -0.2) is 30.1 Å². The largest absolute Gasteiger partial charge is 0.481 e.